The van der Waals surface area contributed by atoms with Crippen LogP contribution >= 0.6 is 0 Å². The smallest absolute Gasteiger partial charge is 0.338 e. The lowest BCUT2D eigenvalue weighted by atomic mass is 10.1. The molecule has 2 aromatic rings. The molecule has 7 nitrogen and oxygen atoms in total. The third kappa shape index (κ3) is 3.83. The number of esters is 1. The summed E-state index contributed by atoms with van der Waals surface area (Å²) in [4.78, 5) is 14.1. The summed E-state index contributed by atoms with van der Waals surface area (Å²) in [5.74, 6) is 0.218. The molecular weight excluding hydrogens is 380 g/mol. The number of aryl methyl sites for hydroxylation is 1. The molecule has 1 saturated heterocycles. The third-order valence-corrected chi connectivity index (χ3v) is 6.81. The van der Waals surface area contributed by atoms with Crippen LogP contribution in [0.25, 0.3) is 0 Å². The zero-order valence-electron chi connectivity index (χ0n) is 16.2. The summed E-state index contributed by atoms with van der Waals surface area (Å²) in [5.41, 5.74) is 1.88. The summed E-state index contributed by atoms with van der Waals surface area (Å²) < 4.78 is 37.7. The van der Waals surface area contributed by atoms with E-state index in [-0.39, 0.29) is 10.5 Å². The van der Waals surface area contributed by atoms with E-state index in [1.54, 1.807) is 20.1 Å². The largest absolute Gasteiger partial charge is 0.495 e. The summed E-state index contributed by atoms with van der Waals surface area (Å²) in [6.45, 7) is 3.54. The van der Waals surface area contributed by atoms with E-state index in [9.17, 15) is 13.2 Å². The van der Waals surface area contributed by atoms with Crippen LogP contribution in [0.5, 0.6) is 5.75 Å². The second kappa shape index (κ2) is 8.20. The first-order valence-electron chi connectivity index (χ1n) is 8.95. The Hall–Kier alpha value is -2.58. The van der Waals surface area contributed by atoms with Gasteiger partial charge in [-0.25, -0.2) is 13.2 Å². The van der Waals surface area contributed by atoms with Gasteiger partial charge in [-0.2, -0.15) is 4.31 Å². The van der Waals surface area contributed by atoms with Gasteiger partial charge in [0.05, 0.1) is 30.4 Å². The van der Waals surface area contributed by atoms with Crippen molar-refractivity contribution in [3.8, 4) is 5.75 Å². The van der Waals surface area contributed by atoms with Gasteiger partial charge in [-0.1, -0.05) is 18.2 Å². The van der Waals surface area contributed by atoms with Crippen molar-refractivity contribution < 1.29 is 22.7 Å². The summed E-state index contributed by atoms with van der Waals surface area (Å²) in [6, 6.07) is 12.2. The summed E-state index contributed by atoms with van der Waals surface area (Å²) >= 11 is 0. The van der Waals surface area contributed by atoms with Crippen LogP contribution in [0.1, 0.15) is 15.9 Å². The van der Waals surface area contributed by atoms with E-state index in [0.29, 0.717) is 31.7 Å². The Morgan fingerprint density at radius 2 is 1.68 bits per heavy atom. The van der Waals surface area contributed by atoms with Crippen LogP contribution in [0.15, 0.2) is 47.4 Å². The lowest BCUT2D eigenvalue weighted by Gasteiger charge is -2.36. The number of benzene rings is 2. The van der Waals surface area contributed by atoms with Gasteiger partial charge in [-0.15, -0.1) is 0 Å². The van der Waals surface area contributed by atoms with Gasteiger partial charge in [-0.3, -0.25) is 0 Å². The fourth-order valence-electron chi connectivity index (χ4n) is 3.30. The van der Waals surface area contributed by atoms with Crippen LogP contribution in [-0.2, 0) is 14.8 Å². The van der Waals surface area contributed by atoms with E-state index in [0.717, 1.165) is 11.4 Å². The molecule has 150 valence electrons. The van der Waals surface area contributed by atoms with E-state index in [2.05, 4.69) is 4.90 Å². The average Bonchev–Trinajstić information content (AvgIpc) is 2.73. The van der Waals surface area contributed by atoms with Crippen LogP contribution in [0.3, 0.4) is 0 Å². The van der Waals surface area contributed by atoms with Crippen molar-refractivity contribution in [2.75, 3.05) is 45.3 Å². The summed E-state index contributed by atoms with van der Waals surface area (Å²) in [6.07, 6.45) is 0. The molecule has 0 radical (unpaired) electrons. The molecule has 28 heavy (non-hydrogen) atoms. The van der Waals surface area contributed by atoms with E-state index >= 15 is 0 Å². The fraction of sp³-hybridized carbons (Fsp3) is 0.350. The molecule has 0 N–H and O–H groups in total. The van der Waals surface area contributed by atoms with Crippen LogP contribution in [-0.4, -0.2) is 59.1 Å². The second-order valence-corrected chi connectivity index (χ2v) is 8.47. The molecular formula is C20H24N2O5S. The molecule has 1 heterocycles. The number of hydrogen-bond donors (Lipinski definition) is 0. The maximum absolute atomic E-state index is 13.1. The molecule has 0 unspecified atom stereocenters. The first-order valence-corrected chi connectivity index (χ1v) is 10.4. The molecule has 0 amide bonds. The van der Waals surface area contributed by atoms with Gasteiger partial charge in [0, 0.05) is 26.2 Å². The number of sulfonamides is 1. The Kier molecular flexibility index (Phi) is 5.90. The first-order chi connectivity index (χ1) is 13.4. The van der Waals surface area contributed by atoms with E-state index in [4.69, 9.17) is 9.47 Å². The molecule has 0 spiro atoms. The number of anilines is 1. The molecule has 1 aliphatic heterocycles. The Morgan fingerprint density at radius 3 is 2.32 bits per heavy atom. The van der Waals surface area contributed by atoms with Crippen molar-refractivity contribution in [2.45, 2.75) is 11.8 Å². The number of ether oxygens (including phenoxy) is 2. The van der Waals surface area contributed by atoms with Crippen LogP contribution in [0, 0.1) is 6.92 Å². The quantitative estimate of drug-likeness (QED) is 0.712. The lowest BCUT2D eigenvalue weighted by Crippen LogP contribution is -2.48. The van der Waals surface area contributed by atoms with Gasteiger partial charge in [0.25, 0.3) is 0 Å². The average molecular weight is 404 g/mol. The van der Waals surface area contributed by atoms with E-state index in [1.807, 2.05) is 24.3 Å². The van der Waals surface area contributed by atoms with Crippen molar-refractivity contribution in [3.63, 3.8) is 0 Å². The number of nitrogens with zero attached hydrogens (tertiary/aromatic N) is 2. The maximum atomic E-state index is 13.1. The van der Waals surface area contributed by atoms with Crippen molar-refractivity contribution in [1.29, 1.82) is 0 Å². The van der Waals surface area contributed by atoms with Gasteiger partial charge in [-0.05, 0) is 36.8 Å². The molecule has 2 aromatic carbocycles. The van der Waals surface area contributed by atoms with Gasteiger partial charge in [0.2, 0.25) is 10.0 Å². The standard InChI is InChI=1S/C20H24N2O5S/c1-15-8-9-16(14-17(15)20(23)27-3)28(24,25)22-12-10-21(11-13-22)18-6-4-5-7-19(18)26-2/h4-9,14H,10-13H2,1-3H3. The Bertz CT molecular complexity index is 966. The van der Waals surface area contributed by atoms with Crippen LogP contribution in [0.2, 0.25) is 0 Å². The van der Waals surface area contributed by atoms with Crippen molar-refractivity contribution >= 4 is 21.7 Å². The molecule has 0 bridgehead atoms. The van der Waals surface area contributed by atoms with Crippen LogP contribution in [0.4, 0.5) is 5.69 Å². The van der Waals surface area contributed by atoms with Gasteiger partial charge >= 0.3 is 5.97 Å². The zero-order chi connectivity index (χ0) is 20.3. The predicted octanol–water partition coefficient (Wildman–Crippen LogP) is 2.30. The summed E-state index contributed by atoms with van der Waals surface area (Å²) in [7, 11) is -0.798. The Balaban J connectivity index is 1.79. The molecule has 0 aliphatic carbocycles. The lowest BCUT2D eigenvalue weighted by molar-refractivity contribution is 0.0599. The number of carbonyl (C=O) groups is 1. The zero-order valence-corrected chi connectivity index (χ0v) is 17.0. The normalized spacial score (nSPS) is 15.3. The number of hydrogen-bond acceptors (Lipinski definition) is 6. The van der Waals surface area contributed by atoms with Gasteiger partial charge in [0.1, 0.15) is 5.75 Å². The van der Waals surface area contributed by atoms with Crippen molar-refractivity contribution in [2.24, 2.45) is 0 Å². The monoisotopic (exact) mass is 404 g/mol. The molecule has 0 aromatic heterocycles. The highest BCUT2D eigenvalue weighted by atomic mass is 32.2. The topological polar surface area (TPSA) is 76.2 Å². The highest BCUT2D eigenvalue weighted by Gasteiger charge is 2.30. The minimum absolute atomic E-state index is 0.101. The Morgan fingerprint density at radius 1 is 1.00 bits per heavy atom. The number of piperazine rings is 1. The molecule has 8 heteroatoms. The fourth-order valence-corrected chi connectivity index (χ4v) is 4.75. The second-order valence-electron chi connectivity index (χ2n) is 6.53. The SMILES string of the molecule is COC(=O)c1cc(S(=O)(=O)N2CCN(c3ccccc3OC)CC2)ccc1C. The van der Waals surface area contributed by atoms with Gasteiger partial charge < -0.3 is 14.4 Å². The van der Waals surface area contributed by atoms with Crippen molar-refractivity contribution in [3.05, 3.63) is 53.6 Å². The van der Waals surface area contributed by atoms with Crippen LogP contribution < -0.4 is 9.64 Å². The first kappa shape index (κ1) is 20.2. The highest BCUT2D eigenvalue weighted by molar-refractivity contribution is 7.89. The molecule has 1 fully saturated rings. The molecule has 0 atom stereocenters. The minimum Gasteiger partial charge on any atom is -0.495 e. The van der Waals surface area contributed by atoms with Gasteiger partial charge in [0.15, 0.2) is 0 Å². The predicted molar refractivity (Wildman–Crippen MR) is 106 cm³/mol. The number of methoxy groups -OCH3 is 2. The highest BCUT2D eigenvalue weighted by Crippen LogP contribution is 2.29. The molecule has 1 aliphatic rings. The number of rotatable bonds is 5. The summed E-state index contributed by atoms with van der Waals surface area (Å²) in [5, 5.41) is 0. The molecule has 3 rings (SSSR count). The molecule has 0 saturated carbocycles. The number of para-hydroxylation sites is 2. The van der Waals surface area contributed by atoms with E-state index in [1.165, 1.54) is 23.5 Å². The minimum atomic E-state index is -3.70. The maximum Gasteiger partial charge on any atom is 0.338 e. The third-order valence-electron chi connectivity index (χ3n) is 4.92. The number of carbonyl (C=O) groups excluding carboxylic acids is 1. The Labute approximate surface area is 165 Å². The van der Waals surface area contributed by atoms with Crippen molar-refractivity contribution in [1.82, 2.24) is 4.31 Å². The van der Waals surface area contributed by atoms with E-state index < -0.39 is 16.0 Å².